The molecule has 0 bridgehead atoms. The van der Waals surface area contributed by atoms with Crippen molar-refractivity contribution in [1.29, 1.82) is 0 Å². The van der Waals surface area contributed by atoms with Crippen molar-refractivity contribution in [2.24, 2.45) is 0 Å². The Morgan fingerprint density at radius 1 is 1.29 bits per heavy atom. The summed E-state index contributed by atoms with van der Waals surface area (Å²) in [6.07, 6.45) is 3.34. The summed E-state index contributed by atoms with van der Waals surface area (Å²) >= 11 is 0. The zero-order valence-electron chi connectivity index (χ0n) is 13.9. The molecular formula is C18H21N3O3. The van der Waals surface area contributed by atoms with Gasteiger partial charge in [-0.3, -0.25) is 14.5 Å². The van der Waals surface area contributed by atoms with Crippen LogP contribution in [-0.2, 0) is 9.59 Å². The molecule has 0 N–H and O–H groups in total. The number of hydrogen-bond donors (Lipinski definition) is 0. The summed E-state index contributed by atoms with van der Waals surface area (Å²) in [6, 6.07) is 9.51. The van der Waals surface area contributed by atoms with Gasteiger partial charge < -0.3 is 14.2 Å². The van der Waals surface area contributed by atoms with E-state index in [0.717, 1.165) is 11.0 Å². The third-order valence-corrected chi connectivity index (χ3v) is 3.94. The van der Waals surface area contributed by atoms with Crippen LogP contribution in [0.15, 0.2) is 46.9 Å². The molecular weight excluding hydrogens is 306 g/mol. The number of carbonyl (C=O) groups excluding carboxylic acids is 2. The molecule has 1 fully saturated rings. The van der Waals surface area contributed by atoms with E-state index in [4.69, 9.17) is 4.42 Å². The van der Waals surface area contributed by atoms with Crippen molar-refractivity contribution in [1.82, 2.24) is 9.80 Å². The highest BCUT2D eigenvalue weighted by atomic mass is 16.4. The Kier molecular flexibility index (Phi) is 4.66. The average Bonchev–Trinajstić information content (AvgIpc) is 2.97. The minimum absolute atomic E-state index is 0.0716. The van der Waals surface area contributed by atoms with Crippen LogP contribution in [0.5, 0.6) is 0 Å². The van der Waals surface area contributed by atoms with Crippen molar-refractivity contribution in [3.63, 3.8) is 0 Å². The van der Waals surface area contributed by atoms with Crippen molar-refractivity contribution in [2.45, 2.75) is 0 Å². The number of likely N-dealkylation sites (N-methyl/N-ethyl adjacent to an activating group) is 1. The lowest BCUT2D eigenvalue weighted by atomic mass is 10.2. The van der Waals surface area contributed by atoms with Crippen LogP contribution in [0.3, 0.4) is 0 Å². The second-order valence-electron chi connectivity index (χ2n) is 6.09. The van der Waals surface area contributed by atoms with E-state index in [0.29, 0.717) is 25.5 Å². The predicted molar refractivity (Wildman–Crippen MR) is 92.8 cm³/mol. The van der Waals surface area contributed by atoms with E-state index in [1.165, 1.54) is 6.08 Å². The van der Waals surface area contributed by atoms with E-state index in [-0.39, 0.29) is 18.4 Å². The summed E-state index contributed by atoms with van der Waals surface area (Å²) < 4.78 is 5.75. The van der Waals surface area contributed by atoms with Crippen molar-refractivity contribution in [2.75, 3.05) is 45.2 Å². The van der Waals surface area contributed by atoms with E-state index >= 15 is 0 Å². The molecule has 0 radical (unpaired) electrons. The number of anilines is 1. The Morgan fingerprint density at radius 2 is 2.08 bits per heavy atom. The van der Waals surface area contributed by atoms with Gasteiger partial charge >= 0.3 is 0 Å². The number of fused-ring (bicyclic) bond motifs is 1. The average molecular weight is 327 g/mol. The van der Waals surface area contributed by atoms with E-state index in [1.54, 1.807) is 15.9 Å². The lowest BCUT2D eigenvalue weighted by molar-refractivity contribution is -0.133. The van der Waals surface area contributed by atoms with Crippen molar-refractivity contribution < 1.29 is 14.0 Å². The maximum Gasteiger partial charge on any atom is 0.248 e. The van der Waals surface area contributed by atoms with Gasteiger partial charge in [0.15, 0.2) is 0 Å². The first kappa shape index (κ1) is 16.3. The van der Waals surface area contributed by atoms with E-state index in [2.05, 4.69) is 0 Å². The molecule has 2 aromatic rings. The van der Waals surface area contributed by atoms with Gasteiger partial charge in [0.05, 0.1) is 0 Å². The zero-order chi connectivity index (χ0) is 17.1. The first-order valence-corrected chi connectivity index (χ1v) is 7.94. The third kappa shape index (κ3) is 3.49. The van der Waals surface area contributed by atoms with Gasteiger partial charge in [-0.25, -0.2) is 0 Å². The van der Waals surface area contributed by atoms with Gasteiger partial charge in [0.2, 0.25) is 17.7 Å². The number of piperazine rings is 1. The lowest BCUT2D eigenvalue weighted by Crippen LogP contribution is -2.52. The first-order chi connectivity index (χ1) is 11.5. The van der Waals surface area contributed by atoms with Gasteiger partial charge in [-0.15, -0.1) is 0 Å². The zero-order valence-corrected chi connectivity index (χ0v) is 13.9. The van der Waals surface area contributed by atoms with Gasteiger partial charge in [0.1, 0.15) is 12.1 Å². The number of nitrogens with zero attached hydrogens (tertiary/aromatic N) is 3. The summed E-state index contributed by atoms with van der Waals surface area (Å²) in [6.45, 7) is 1.70. The molecule has 0 atom stereocenters. The molecule has 1 aromatic heterocycles. The maximum atomic E-state index is 12.4. The second kappa shape index (κ2) is 6.88. The number of amides is 2. The number of rotatable bonds is 4. The maximum absolute atomic E-state index is 12.4. The molecule has 3 rings (SSSR count). The van der Waals surface area contributed by atoms with Crippen LogP contribution >= 0.6 is 0 Å². The fraction of sp³-hybridized carbons (Fsp3) is 0.333. The van der Waals surface area contributed by atoms with Crippen molar-refractivity contribution in [3.05, 3.63) is 42.5 Å². The highest BCUT2D eigenvalue weighted by molar-refractivity contribution is 6.00. The number of benzene rings is 1. The molecule has 0 unspecified atom stereocenters. The summed E-state index contributed by atoms with van der Waals surface area (Å²) in [5.41, 5.74) is 0.755. The molecule has 0 saturated carbocycles. The largest absolute Gasteiger partial charge is 0.440 e. The van der Waals surface area contributed by atoms with Crippen LogP contribution in [0.25, 0.3) is 11.0 Å². The molecule has 2 amide bonds. The Labute approximate surface area is 140 Å². The van der Waals surface area contributed by atoms with Crippen LogP contribution in [0.4, 0.5) is 5.88 Å². The monoisotopic (exact) mass is 327 g/mol. The van der Waals surface area contributed by atoms with E-state index in [9.17, 15) is 9.59 Å². The number of para-hydroxylation sites is 1. The van der Waals surface area contributed by atoms with E-state index < -0.39 is 0 Å². The van der Waals surface area contributed by atoms with Crippen LogP contribution < -0.4 is 4.90 Å². The molecule has 6 heteroatoms. The van der Waals surface area contributed by atoms with Gasteiger partial charge in [-0.1, -0.05) is 24.3 Å². The van der Waals surface area contributed by atoms with Crippen LogP contribution in [-0.4, -0.2) is 61.9 Å². The van der Waals surface area contributed by atoms with Crippen LogP contribution in [0.2, 0.25) is 0 Å². The molecule has 24 heavy (non-hydrogen) atoms. The summed E-state index contributed by atoms with van der Waals surface area (Å²) in [7, 11) is 3.87. The van der Waals surface area contributed by atoms with Crippen molar-refractivity contribution in [3.8, 4) is 0 Å². The topological polar surface area (TPSA) is 57.0 Å². The van der Waals surface area contributed by atoms with Gasteiger partial charge in [-0.2, -0.15) is 0 Å². The summed E-state index contributed by atoms with van der Waals surface area (Å²) in [4.78, 5) is 29.7. The molecule has 1 aliphatic rings. The van der Waals surface area contributed by atoms with Crippen molar-refractivity contribution >= 4 is 28.7 Å². The second-order valence-corrected chi connectivity index (χ2v) is 6.09. The minimum Gasteiger partial charge on any atom is -0.440 e. The molecule has 1 saturated heterocycles. The fourth-order valence-corrected chi connectivity index (χ4v) is 2.66. The smallest absolute Gasteiger partial charge is 0.248 e. The quantitative estimate of drug-likeness (QED) is 0.803. The number of hydrogen-bond acceptors (Lipinski definition) is 4. The first-order valence-electron chi connectivity index (χ1n) is 7.94. The Hall–Kier alpha value is -2.60. The van der Waals surface area contributed by atoms with Crippen LogP contribution in [0.1, 0.15) is 0 Å². The molecule has 0 aliphatic carbocycles. The van der Waals surface area contributed by atoms with Gasteiger partial charge in [-0.05, 0) is 20.2 Å². The Morgan fingerprint density at radius 3 is 2.79 bits per heavy atom. The minimum atomic E-state index is -0.130. The SMILES string of the molecule is CN(C)C/C=C/C(=O)N1CCN(c2cc3ccccc3o2)C(=O)C1. The highest BCUT2D eigenvalue weighted by Gasteiger charge is 2.28. The lowest BCUT2D eigenvalue weighted by Gasteiger charge is -2.32. The van der Waals surface area contributed by atoms with Gasteiger partial charge in [0, 0.05) is 37.2 Å². The Balaban J connectivity index is 1.66. The molecule has 1 aliphatic heterocycles. The molecule has 1 aromatic carbocycles. The van der Waals surface area contributed by atoms with E-state index in [1.807, 2.05) is 49.3 Å². The van der Waals surface area contributed by atoms with Gasteiger partial charge in [0.25, 0.3) is 0 Å². The molecule has 6 nitrogen and oxygen atoms in total. The number of furan rings is 1. The molecule has 0 spiro atoms. The standard InChI is InChI=1S/C18H21N3O3/c1-19(2)9-5-8-16(22)20-10-11-21(17(23)13-20)18-12-14-6-3-4-7-15(14)24-18/h3-8,12H,9-11,13H2,1-2H3/b8-5+. The fourth-order valence-electron chi connectivity index (χ4n) is 2.66. The highest BCUT2D eigenvalue weighted by Crippen LogP contribution is 2.27. The molecule has 126 valence electrons. The normalized spacial score (nSPS) is 15.9. The third-order valence-electron chi connectivity index (χ3n) is 3.94. The summed E-state index contributed by atoms with van der Waals surface area (Å²) in [5, 5.41) is 0.963. The summed E-state index contributed by atoms with van der Waals surface area (Å²) in [5.74, 6) is 0.278. The van der Waals surface area contributed by atoms with Crippen LogP contribution in [0, 0.1) is 0 Å². The predicted octanol–water partition coefficient (Wildman–Crippen LogP) is 1.73. The molecule has 2 heterocycles. The Bertz CT molecular complexity index is 746. The number of carbonyl (C=O) groups is 2.